The van der Waals surface area contributed by atoms with Gasteiger partial charge in [-0.3, -0.25) is 24.6 Å². The second kappa shape index (κ2) is 9.64. The van der Waals surface area contributed by atoms with Crippen molar-refractivity contribution in [2.75, 3.05) is 44.8 Å². The van der Waals surface area contributed by atoms with Gasteiger partial charge in [-0.25, -0.2) is 0 Å². The van der Waals surface area contributed by atoms with Crippen molar-refractivity contribution in [3.8, 4) is 0 Å². The highest BCUT2D eigenvalue weighted by atomic mass is 16.5. The molecule has 1 aromatic carbocycles. The fourth-order valence-corrected chi connectivity index (χ4v) is 3.46. The molecule has 1 aromatic rings. The second-order valence-corrected chi connectivity index (χ2v) is 6.76. The van der Waals surface area contributed by atoms with Gasteiger partial charge in [0.05, 0.1) is 32.0 Å². The highest BCUT2D eigenvalue weighted by Crippen LogP contribution is 2.38. The SMILES string of the molecule is C=C1c2cccc(NCCOCCOCCN)c2C(=O)N1C1CCC(=O)NC1=O. The molecule has 0 aromatic heterocycles. The third kappa shape index (κ3) is 4.64. The number of hydrogen-bond acceptors (Lipinski definition) is 7. The van der Waals surface area contributed by atoms with E-state index in [1.54, 1.807) is 6.07 Å². The number of fused-ring (bicyclic) bond motifs is 1. The molecule has 1 atom stereocenters. The van der Waals surface area contributed by atoms with Crippen molar-refractivity contribution in [3.63, 3.8) is 0 Å². The third-order valence-corrected chi connectivity index (χ3v) is 4.82. The smallest absolute Gasteiger partial charge is 0.261 e. The van der Waals surface area contributed by atoms with E-state index in [1.165, 1.54) is 4.90 Å². The average Bonchev–Trinajstić information content (AvgIpc) is 2.95. The van der Waals surface area contributed by atoms with Gasteiger partial charge in [0.1, 0.15) is 6.04 Å². The number of imide groups is 1. The fraction of sp³-hybridized carbons (Fsp3) is 0.450. The first-order valence-electron chi connectivity index (χ1n) is 9.63. The summed E-state index contributed by atoms with van der Waals surface area (Å²) in [7, 11) is 0. The summed E-state index contributed by atoms with van der Waals surface area (Å²) in [5, 5.41) is 5.50. The molecule has 1 fully saturated rings. The summed E-state index contributed by atoms with van der Waals surface area (Å²) in [6, 6.07) is 4.71. The Morgan fingerprint density at radius 2 is 1.93 bits per heavy atom. The number of carbonyl (C=O) groups is 3. The zero-order chi connectivity index (χ0) is 20.8. The predicted molar refractivity (Wildman–Crippen MR) is 107 cm³/mol. The molecular formula is C20H26N4O5. The molecule has 2 aliphatic heterocycles. The summed E-state index contributed by atoms with van der Waals surface area (Å²) in [4.78, 5) is 38.1. The molecule has 0 saturated carbocycles. The Hall–Kier alpha value is -2.75. The number of anilines is 1. The van der Waals surface area contributed by atoms with Crippen LogP contribution in [-0.4, -0.2) is 68.2 Å². The van der Waals surface area contributed by atoms with Crippen LogP contribution >= 0.6 is 0 Å². The van der Waals surface area contributed by atoms with Gasteiger partial charge in [0, 0.05) is 36.5 Å². The van der Waals surface area contributed by atoms with Crippen LogP contribution in [0.5, 0.6) is 0 Å². The fourth-order valence-electron chi connectivity index (χ4n) is 3.46. The van der Waals surface area contributed by atoms with E-state index >= 15 is 0 Å². The lowest BCUT2D eigenvalue weighted by Gasteiger charge is -2.30. The van der Waals surface area contributed by atoms with Crippen LogP contribution in [0.2, 0.25) is 0 Å². The number of rotatable bonds is 10. The minimum atomic E-state index is -0.732. The molecule has 2 heterocycles. The lowest BCUT2D eigenvalue weighted by atomic mass is 10.0. The van der Waals surface area contributed by atoms with Gasteiger partial charge >= 0.3 is 0 Å². The predicted octanol–water partition coefficient (Wildman–Crippen LogP) is 0.322. The van der Waals surface area contributed by atoms with Gasteiger partial charge in [-0.05, 0) is 12.5 Å². The zero-order valence-electron chi connectivity index (χ0n) is 16.2. The minimum absolute atomic E-state index is 0.196. The van der Waals surface area contributed by atoms with Gasteiger partial charge in [0.15, 0.2) is 0 Å². The van der Waals surface area contributed by atoms with Gasteiger partial charge in [-0.2, -0.15) is 0 Å². The minimum Gasteiger partial charge on any atom is -0.382 e. The lowest BCUT2D eigenvalue weighted by molar-refractivity contribution is -0.136. The maximum atomic E-state index is 13.1. The molecule has 0 aliphatic carbocycles. The molecule has 0 radical (unpaired) electrons. The van der Waals surface area contributed by atoms with E-state index in [4.69, 9.17) is 15.2 Å². The second-order valence-electron chi connectivity index (χ2n) is 6.76. The van der Waals surface area contributed by atoms with Crippen molar-refractivity contribution >= 4 is 29.1 Å². The van der Waals surface area contributed by atoms with Crippen molar-refractivity contribution in [2.24, 2.45) is 5.73 Å². The number of piperidine rings is 1. The monoisotopic (exact) mass is 402 g/mol. The number of amides is 3. The number of hydrogen-bond donors (Lipinski definition) is 3. The van der Waals surface area contributed by atoms with Crippen LogP contribution in [0, 0.1) is 0 Å². The molecule has 4 N–H and O–H groups in total. The number of nitrogens with zero attached hydrogens (tertiary/aromatic N) is 1. The van der Waals surface area contributed by atoms with Crippen LogP contribution in [0.15, 0.2) is 24.8 Å². The molecule has 9 heteroatoms. The quantitative estimate of drug-likeness (QED) is 0.380. The van der Waals surface area contributed by atoms with Gasteiger partial charge in [0.25, 0.3) is 5.91 Å². The highest BCUT2D eigenvalue weighted by molar-refractivity contribution is 6.15. The number of carbonyl (C=O) groups excluding carboxylic acids is 3. The van der Waals surface area contributed by atoms with E-state index in [2.05, 4.69) is 17.2 Å². The average molecular weight is 402 g/mol. The zero-order valence-corrected chi connectivity index (χ0v) is 16.2. The Bertz CT molecular complexity index is 810. The molecule has 3 amide bonds. The van der Waals surface area contributed by atoms with Crippen molar-refractivity contribution in [1.82, 2.24) is 10.2 Å². The lowest BCUT2D eigenvalue weighted by Crippen LogP contribution is -2.52. The Labute approximate surface area is 169 Å². The molecule has 1 unspecified atom stereocenters. The number of benzene rings is 1. The van der Waals surface area contributed by atoms with Crippen LogP contribution in [0.4, 0.5) is 5.69 Å². The number of ether oxygens (including phenoxy) is 2. The summed E-state index contributed by atoms with van der Waals surface area (Å²) in [5.41, 5.74) is 7.63. The summed E-state index contributed by atoms with van der Waals surface area (Å²) < 4.78 is 10.7. The van der Waals surface area contributed by atoms with Gasteiger partial charge in [-0.1, -0.05) is 18.7 Å². The number of nitrogens with one attached hydrogen (secondary N) is 2. The van der Waals surface area contributed by atoms with E-state index in [0.29, 0.717) is 62.0 Å². The van der Waals surface area contributed by atoms with Gasteiger partial charge in [-0.15, -0.1) is 0 Å². The van der Waals surface area contributed by atoms with Crippen molar-refractivity contribution < 1.29 is 23.9 Å². The summed E-state index contributed by atoms with van der Waals surface area (Å²) >= 11 is 0. The van der Waals surface area contributed by atoms with Gasteiger partial charge < -0.3 is 20.5 Å². The third-order valence-electron chi connectivity index (χ3n) is 4.82. The summed E-state index contributed by atoms with van der Waals surface area (Å²) in [5.74, 6) is -1.08. The van der Waals surface area contributed by atoms with Crippen molar-refractivity contribution in [1.29, 1.82) is 0 Å². The van der Waals surface area contributed by atoms with Crippen LogP contribution in [0.25, 0.3) is 5.70 Å². The summed E-state index contributed by atoms with van der Waals surface area (Å²) in [6.45, 7) is 6.90. The van der Waals surface area contributed by atoms with Crippen LogP contribution < -0.4 is 16.4 Å². The molecule has 2 aliphatic rings. The number of nitrogens with two attached hydrogens (primary N) is 1. The highest BCUT2D eigenvalue weighted by Gasteiger charge is 2.42. The molecule has 156 valence electrons. The molecule has 0 spiro atoms. The van der Waals surface area contributed by atoms with Crippen LogP contribution in [0.3, 0.4) is 0 Å². The van der Waals surface area contributed by atoms with Crippen molar-refractivity contribution in [3.05, 3.63) is 35.9 Å². The molecule has 29 heavy (non-hydrogen) atoms. The Morgan fingerprint density at radius 1 is 1.17 bits per heavy atom. The first-order valence-corrected chi connectivity index (χ1v) is 9.63. The van der Waals surface area contributed by atoms with E-state index in [0.717, 1.165) is 0 Å². The Balaban J connectivity index is 1.61. The van der Waals surface area contributed by atoms with Crippen LogP contribution in [0.1, 0.15) is 28.8 Å². The standard InChI is InChI=1S/C20H26N4O5/c1-13-14-3-2-4-15(22-8-10-29-12-11-28-9-7-21)18(14)20(27)24(13)16-5-6-17(25)23-19(16)26/h2-4,16,22H,1,5-12,21H2,(H,23,25,26). The molecule has 1 saturated heterocycles. The largest absolute Gasteiger partial charge is 0.382 e. The van der Waals surface area contributed by atoms with Gasteiger partial charge in [0.2, 0.25) is 11.8 Å². The topological polar surface area (TPSA) is 123 Å². The van der Waals surface area contributed by atoms with E-state index in [1.807, 2.05) is 12.1 Å². The van der Waals surface area contributed by atoms with Crippen LogP contribution in [-0.2, 0) is 19.1 Å². The van der Waals surface area contributed by atoms with E-state index in [-0.39, 0.29) is 24.7 Å². The normalized spacial score (nSPS) is 18.8. The molecular weight excluding hydrogens is 376 g/mol. The Morgan fingerprint density at radius 3 is 2.66 bits per heavy atom. The maximum absolute atomic E-state index is 13.1. The molecule has 9 nitrogen and oxygen atoms in total. The van der Waals surface area contributed by atoms with E-state index < -0.39 is 11.9 Å². The van der Waals surface area contributed by atoms with E-state index in [9.17, 15) is 14.4 Å². The molecule has 0 bridgehead atoms. The van der Waals surface area contributed by atoms with Crippen molar-refractivity contribution in [2.45, 2.75) is 18.9 Å². The maximum Gasteiger partial charge on any atom is 0.261 e. The Kier molecular flexibility index (Phi) is 6.97. The first-order chi connectivity index (χ1) is 14.0. The molecule has 3 rings (SSSR count). The first kappa shape index (κ1) is 21.0. The summed E-state index contributed by atoms with van der Waals surface area (Å²) in [6.07, 6.45) is 0.480.